The van der Waals surface area contributed by atoms with E-state index in [2.05, 4.69) is 20.4 Å². The molecule has 0 bridgehead atoms. The summed E-state index contributed by atoms with van der Waals surface area (Å²) in [4.78, 5) is 11.8. The third-order valence-corrected chi connectivity index (χ3v) is 7.49. The maximum absolute atomic E-state index is 11.8. The summed E-state index contributed by atoms with van der Waals surface area (Å²) in [7, 11) is 0. The van der Waals surface area contributed by atoms with E-state index in [4.69, 9.17) is 0 Å². The number of carbonyl (C=O) groups is 1. The van der Waals surface area contributed by atoms with Crippen LogP contribution in [0.2, 0.25) is 0 Å². The van der Waals surface area contributed by atoms with Gasteiger partial charge < -0.3 is 5.11 Å². The minimum atomic E-state index is -0.160. The highest BCUT2D eigenvalue weighted by Crippen LogP contribution is 2.64. The molecule has 5 unspecified atom stereocenters. The van der Waals surface area contributed by atoms with E-state index in [1.165, 1.54) is 17.6 Å². The summed E-state index contributed by atoms with van der Waals surface area (Å²) in [6.45, 7) is 9.11. The van der Waals surface area contributed by atoms with E-state index >= 15 is 0 Å². The van der Waals surface area contributed by atoms with Crippen LogP contribution in [0.15, 0.2) is 23.8 Å². The van der Waals surface area contributed by atoms with Crippen LogP contribution < -0.4 is 0 Å². The molecule has 0 spiro atoms. The molecule has 1 N–H and O–H groups in total. The monoisotopic (exact) mass is 300 g/mol. The lowest BCUT2D eigenvalue weighted by molar-refractivity contribution is -0.116. The van der Waals surface area contributed by atoms with E-state index in [-0.39, 0.29) is 11.5 Å². The first-order valence-corrected chi connectivity index (χ1v) is 9.01. The molecule has 3 saturated carbocycles. The smallest absolute Gasteiger partial charge is 0.155 e. The number of hydrogen-bond donors (Lipinski definition) is 1. The summed E-state index contributed by atoms with van der Waals surface area (Å²) in [5.41, 5.74) is 2.79. The Hall–Kier alpha value is -0.890. The summed E-state index contributed by atoms with van der Waals surface area (Å²) in [6, 6.07) is 0. The molecule has 4 rings (SSSR count). The molecule has 2 heteroatoms. The maximum Gasteiger partial charge on any atom is 0.155 e. The molecule has 0 aliphatic heterocycles. The van der Waals surface area contributed by atoms with Gasteiger partial charge in [-0.15, -0.1) is 0 Å². The van der Waals surface area contributed by atoms with Crippen LogP contribution in [-0.4, -0.2) is 17.0 Å². The molecule has 120 valence electrons. The zero-order valence-corrected chi connectivity index (χ0v) is 13.8. The summed E-state index contributed by atoms with van der Waals surface area (Å²) in [5.74, 6) is 3.30. The molecular weight excluding hydrogens is 272 g/mol. The normalized spacial score (nSPS) is 51.0. The third-order valence-electron chi connectivity index (χ3n) is 7.49. The minimum absolute atomic E-state index is 0.0399. The van der Waals surface area contributed by atoms with Crippen molar-refractivity contribution in [2.45, 2.75) is 58.5 Å². The van der Waals surface area contributed by atoms with E-state index in [1.54, 1.807) is 0 Å². The van der Waals surface area contributed by atoms with Gasteiger partial charge in [0.25, 0.3) is 0 Å². The number of carbonyl (C=O) groups excluding carboxylic acids is 1. The van der Waals surface area contributed by atoms with Crippen molar-refractivity contribution < 1.29 is 9.90 Å². The quantitative estimate of drug-likeness (QED) is 0.689. The van der Waals surface area contributed by atoms with Crippen LogP contribution in [0.3, 0.4) is 0 Å². The van der Waals surface area contributed by atoms with Gasteiger partial charge in [0.05, 0.1) is 6.10 Å². The van der Waals surface area contributed by atoms with E-state index in [1.807, 2.05) is 6.08 Å². The fraction of sp³-hybridized carbons (Fsp3) is 0.750. The van der Waals surface area contributed by atoms with Crippen molar-refractivity contribution in [1.29, 1.82) is 0 Å². The van der Waals surface area contributed by atoms with E-state index < -0.39 is 0 Å². The van der Waals surface area contributed by atoms with Gasteiger partial charge in [-0.1, -0.05) is 31.6 Å². The molecule has 0 amide bonds. The van der Waals surface area contributed by atoms with Crippen LogP contribution in [0.25, 0.3) is 0 Å². The molecule has 7 atom stereocenters. The molecule has 0 saturated heterocycles. The molecule has 0 aromatic carbocycles. The zero-order chi connectivity index (χ0) is 15.6. The predicted molar refractivity (Wildman–Crippen MR) is 87.2 cm³/mol. The molecule has 0 heterocycles. The molecule has 22 heavy (non-hydrogen) atoms. The fourth-order valence-electron chi connectivity index (χ4n) is 6.56. The van der Waals surface area contributed by atoms with Crippen LogP contribution in [0.1, 0.15) is 52.4 Å². The second kappa shape index (κ2) is 4.80. The lowest BCUT2D eigenvalue weighted by Crippen LogP contribution is -2.51. The van der Waals surface area contributed by atoms with E-state index in [0.29, 0.717) is 41.8 Å². The number of hydrogen-bond acceptors (Lipinski definition) is 2. The number of fused-ring (bicyclic) bond motifs is 5. The fourth-order valence-corrected chi connectivity index (χ4v) is 6.56. The molecule has 0 aromatic rings. The first-order valence-electron chi connectivity index (χ1n) is 9.01. The van der Waals surface area contributed by atoms with Crippen LogP contribution in [0, 0.1) is 35.0 Å². The van der Waals surface area contributed by atoms with Gasteiger partial charge in [-0.3, -0.25) is 4.79 Å². The Morgan fingerprint density at radius 3 is 2.86 bits per heavy atom. The standard InChI is InChI=1S/C20H28O2/c1-11-8-13-9-14(21)4-5-15(13)18-12(2)10-20(3)16(19(11)18)6-7-17(20)22/h9,11,15-19,22H,2,4-8,10H2,1,3H3/t11?,15?,16?,17-,18?,19?,20-/m0/s1. The van der Waals surface area contributed by atoms with E-state index in [9.17, 15) is 9.90 Å². The molecule has 4 aliphatic carbocycles. The number of aliphatic hydroxyl groups excluding tert-OH is 1. The van der Waals surface area contributed by atoms with Crippen LogP contribution in [0.4, 0.5) is 0 Å². The van der Waals surface area contributed by atoms with Crippen molar-refractivity contribution in [3.8, 4) is 0 Å². The van der Waals surface area contributed by atoms with Crippen molar-refractivity contribution >= 4 is 5.78 Å². The van der Waals surface area contributed by atoms with Gasteiger partial charge in [0.1, 0.15) is 0 Å². The highest BCUT2D eigenvalue weighted by molar-refractivity contribution is 5.91. The maximum atomic E-state index is 11.8. The van der Waals surface area contributed by atoms with Crippen LogP contribution >= 0.6 is 0 Å². The Labute approximate surface area is 133 Å². The molecule has 0 aromatic heterocycles. The Morgan fingerprint density at radius 1 is 1.32 bits per heavy atom. The summed E-state index contributed by atoms with van der Waals surface area (Å²) < 4.78 is 0. The molecule has 4 aliphatic rings. The average Bonchev–Trinajstić information content (AvgIpc) is 2.74. The number of aliphatic hydroxyl groups is 1. The second-order valence-corrected chi connectivity index (χ2v) is 8.66. The second-order valence-electron chi connectivity index (χ2n) is 8.66. The molecule has 3 fully saturated rings. The van der Waals surface area contributed by atoms with Crippen LogP contribution in [-0.2, 0) is 4.79 Å². The lowest BCUT2D eigenvalue weighted by Gasteiger charge is -2.56. The van der Waals surface area contributed by atoms with Crippen molar-refractivity contribution in [3.63, 3.8) is 0 Å². The minimum Gasteiger partial charge on any atom is -0.393 e. The number of rotatable bonds is 0. The third kappa shape index (κ3) is 1.86. The number of ketones is 1. The van der Waals surface area contributed by atoms with Gasteiger partial charge in [-0.25, -0.2) is 0 Å². The molecular formula is C20H28O2. The van der Waals surface area contributed by atoms with Gasteiger partial charge >= 0.3 is 0 Å². The van der Waals surface area contributed by atoms with E-state index in [0.717, 1.165) is 25.7 Å². The Morgan fingerprint density at radius 2 is 2.09 bits per heavy atom. The first kappa shape index (κ1) is 14.7. The SMILES string of the molecule is C=C1C[C@@]2(C)C(CC[C@@H]2O)C2C(C)CC3=CC(=O)CCC3C12. The van der Waals surface area contributed by atoms with Crippen LogP contribution in [0.5, 0.6) is 0 Å². The lowest BCUT2D eigenvalue weighted by atomic mass is 9.48. The highest BCUT2D eigenvalue weighted by atomic mass is 16.3. The van der Waals surface area contributed by atoms with Crippen molar-refractivity contribution in [1.82, 2.24) is 0 Å². The summed E-state index contributed by atoms with van der Waals surface area (Å²) in [6.07, 6.45) is 7.70. The zero-order valence-electron chi connectivity index (χ0n) is 13.8. The largest absolute Gasteiger partial charge is 0.393 e. The Balaban J connectivity index is 1.75. The average molecular weight is 300 g/mol. The summed E-state index contributed by atoms with van der Waals surface area (Å²) in [5, 5.41) is 10.5. The Kier molecular flexibility index (Phi) is 3.21. The van der Waals surface area contributed by atoms with Gasteiger partial charge in [0.15, 0.2) is 5.78 Å². The topological polar surface area (TPSA) is 37.3 Å². The molecule has 2 nitrogen and oxygen atoms in total. The van der Waals surface area contributed by atoms with Gasteiger partial charge in [-0.05, 0) is 67.8 Å². The summed E-state index contributed by atoms with van der Waals surface area (Å²) >= 11 is 0. The Bertz CT molecular complexity index is 560. The number of allylic oxidation sites excluding steroid dienone is 2. The van der Waals surface area contributed by atoms with Gasteiger partial charge in [0, 0.05) is 11.8 Å². The first-order chi connectivity index (χ1) is 10.4. The van der Waals surface area contributed by atoms with Gasteiger partial charge in [0.2, 0.25) is 0 Å². The van der Waals surface area contributed by atoms with Gasteiger partial charge in [-0.2, -0.15) is 0 Å². The highest BCUT2D eigenvalue weighted by Gasteiger charge is 2.58. The predicted octanol–water partition coefficient (Wildman–Crippen LogP) is 3.90. The molecule has 0 radical (unpaired) electrons. The van der Waals surface area contributed by atoms with Crippen molar-refractivity contribution in [2.24, 2.45) is 35.0 Å². The van der Waals surface area contributed by atoms with Crippen molar-refractivity contribution in [2.75, 3.05) is 0 Å². The van der Waals surface area contributed by atoms with Crippen molar-refractivity contribution in [3.05, 3.63) is 23.8 Å².